The molecular formula is C22H17N3O3. The summed E-state index contributed by atoms with van der Waals surface area (Å²) in [6, 6.07) is 17.1. The van der Waals surface area contributed by atoms with E-state index in [-0.39, 0.29) is 11.1 Å². The van der Waals surface area contributed by atoms with Crippen molar-refractivity contribution in [3.05, 3.63) is 76.8 Å². The molecule has 1 fully saturated rings. The molecule has 28 heavy (non-hydrogen) atoms. The number of aromatic amines is 1. The minimum absolute atomic E-state index is 0.128. The first-order valence-corrected chi connectivity index (χ1v) is 9.34. The van der Waals surface area contributed by atoms with Crippen LogP contribution < -0.4 is 15.2 Å². The third-order valence-electron chi connectivity index (χ3n) is 5.66. The molecular weight excluding hydrogens is 354 g/mol. The Hall–Kier alpha value is -3.54. The molecule has 6 nitrogen and oxygen atoms in total. The first-order valence-electron chi connectivity index (χ1n) is 9.34. The van der Waals surface area contributed by atoms with Gasteiger partial charge in [-0.25, -0.2) is 9.78 Å². The molecule has 2 aliphatic rings. The van der Waals surface area contributed by atoms with E-state index < -0.39 is 0 Å². The van der Waals surface area contributed by atoms with E-state index in [4.69, 9.17) is 9.47 Å². The lowest BCUT2D eigenvalue weighted by Gasteiger charge is -2.12. The molecule has 1 aliphatic carbocycles. The zero-order valence-electron chi connectivity index (χ0n) is 15.0. The number of hydrogen-bond acceptors (Lipinski definition) is 4. The van der Waals surface area contributed by atoms with E-state index in [0.29, 0.717) is 11.6 Å². The fourth-order valence-electron chi connectivity index (χ4n) is 4.06. The molecule has 0 atom stereocenters. The Morgan fingerprint density at radius 1 is 1.07 bits per heavy atom. The zero-order chi connectivity index (χ0) is 18.7. The van der Waals surface area contributed by atoms with Crippen molar-refractivity contribution in [1.82, 2.24) is 14.5 Å². The monoisotopic (exact) mass is 371 g/mol. The van der Waals surface area contributed by atoms with E-state index in [1.165, 1.54) is 0 Å². The molecule has 0 amide bonds. The average Bonchev–Trinajstić information content (AvgIpc) is 3.28. The lowest BCUT2D eigenvalue weighted by atomic mass is 9.97. The normalized spacial score (nSPS) is 16.1. The molecule has 0 radical (unpaired) electrons. The van der Waals surface area contributed by atoms with Gasteiger partial charge in [0.25, 0.3) is 0 Å². The topological polar surface area (TPSA) is 69.1 Å². The summed E-state index contributed by atoms with van der Waals surface area (Å²) in [4.78, 5) is 19.6. The van der Waals surface area contributed by atoms with Gasteiger partial charge in [0.1, 0.15) is 11.5 Å². The second-order valence-corrected chi connectivity index (χ2v) is 7.44. The Balaban J connectivity index is 1.36. The van der Waals surface area contributed by atoms with Crippen LogP contribution in [-0.2, 0) is 5.41 Å². The van der Waals surface area contributed by atoms with Crippen LogP contribution in [0.5, 0.6) is 17.4 Å². The van der Waals surface area contributed by atoms with Crippen LogP contribution >= 0.6 is 0 Å². The summed E-state index contributed by atoms with van der Waals surface area (Å²) in [5, 5.41) is 0. The highest BCUT2D eigenvalue weighted by molar-refractivity contribution is 5.77. The van der Waals surface area contributed by atoms with Crippen molar-refractivity contribution in [2.45, 2.75) is 18.3 Å². The minimum Gasteiger partial charge on any atom is -0.492 e. The average molecular weight is 371 g/mol. The fraction of sp³-hybridized carbons (Fsp3) is 0.182. The molecule has 1 saturated carbocycles. The Bertz CT molecular complexity index is 1270. The number of nitrogens with one attached hydrogen (secondary N) is 1. The molecule has 0 bridgehead atoms. The maximum atomic E-state index is 12.4. The third-order valence-corrected chi connectivity index (χ3v) is 5.66. The van der Waals surface area contributed by atoms with Crippen molar-refractivity contribution in [2.75, 3.05) is 6.61 Å². The van der Waals surface area contributed by atoms with Crippen molar-refractivity contribution in [2.24, 2.45) is 0 Å². The van der Waals surface area contributed by atoms with Crippen LogP contribution in [0, 0.1) is 0 Å². The quantitative estimate of drug-likeness (QED) is 0.592. The molecule has 2 aromatic heterocycles. The predicted octanol–water partition coefficient (Wildman–Crippen LogP) is 3.93. The molecule has 138 valence electrons. The van der Waals surface area contributed by atoms with Gasteiger partial charge >= 0.3 is 5.69 Å². The van der Waals surface area contributed by atoms with Crippen LogP contribution in [0.2, 0.25) is 0 Å². The van der Waals surface area contributed by atoms with Gasteiger partial charge in [-0.2, -0.15) is 0 Å². The van der Waals surface area contributed by atoms with Gasteiger partial charge in [0.2, 0.25) is 5.88 Å². The van der Waals surface area contributed by atoms with Crippen molar-refractivity contribution >= 4 is 11.0 Å². The predicted molar refractivity (Wildman–Crippen MR) is 105 cm³/mol. The number of aromatic nitrogens is 3. The number of hydrogen-bond donors (Lipinski definition) is 1. The largest absolute Gasteiger partial charge is 0.492 e. The maximum absolute atomic E-state index is 12.4. The van der Waals surface area contributed by atoms with E-state index in [1.54, 1.807) is 16.8 Å². The van der Waals surface area contributed by atoms with Crippen molar-refractivity contribution < 1.29 is 9.47 Å². The van der Waals surface area contributed by atoms with Gasteiger partial charge in [-0.3, -0.25) is 4.57 Å². The number of imidazole rings is 1. The number of nitrogens with zero attached hydrogens (tertiary/aromatic N) is 2. The highest BCUT2D eigenvalue weighted by Gasteiger charge is 2.52. The molecule has 1 N–H and O–H groups in total. The second kappa shape index (κ2) is 5.48. The number of rotatable bonds is 3. The summed E-state index contributed by atoms with van der Waals surface area (Å²) in [5.41, 5.74) is 3.40. The molecule has 6 rings (SSSR count). The van der Waals surface area contributed by atoms with Crippen LogP contribution in [0.15, 0.2) is 65.6 Å². The van der Waals surface area contributed by atoms with Gasteiger partial charge in [-0.15, -0.1) is 0 Å². The van der Waals surface area contributed by atoms with E-state index in [1.807, 2.05) is 48.5 Å². The summed E-state index contributed by atoms with van der Waals surface area (Å²) >= 11 is 0. The number of para-hydroxylation sites is 2. The van der Waals surface area contributed by atoms with Gasteiger partial charge < -0.3 is 14.5 Å². The van der Waals surface area contributed by atoms with Gasteiger partial charge in [-0.05, 0) is 43.2 Å². The molecule has 3 heterocycles. The van der Waals surface area contributed by atoms with Gasteiger partial charge in [-0.1, -0.05) is 18.2 Å². The summed E-state index contributed by atoms with van der Waals surface area (Å²) < 4.78 is 13.5. The molecule has 2 aromatic carbocycles. The fourth-order valence-corrected chi connectivity index (χ4v) is 4.06. The van der Waals surface area contributed by atoms with Crippen molar-refractivity contribution in [3.63, 3.8) is 0 Å². The van der Waals surface area contributed by atoms with E-state index in [9.17, 15) is 4.79 Å². The van der Waals surface area contributed by atoms with Crippen LogP contribution in [0.3, 0.4) is 0 Å². The smallest absolute Gasteiger partial charge is 0.331 e. The second-order valence-electron chi connectivity index (χ2n) is 7.44. The highest BCUT2D eigenvalue weighted by Crippen LogP contribution is 2.58. The van der Waals surface area contributed by atoms with Gasteiger partial charge in [0.15, 0.2) is 0 Å². The highest BCUT2D eigenvalue weighted by atomic mass is 16.5. The van der Waals surface area contributed by atoms with E-state index in [2.05, 4.69) is 9.97 Å². The lowest BCUT2D eigenvalue weighted by molar-refractivity contribution is 0.323. The Morgan fingerprint density at radius 3 is 2.79 bits per heavy atom. The first-order chi connectivity index (χ1) is 13.7. The third kappa shape index (κ3) is 2.21. The summed E-state index contributed by atoms with van der Waals surface area (Å²) in [6.45, 7) is 0.735. The number of ether oxygens (including phenoxy) is 2. The molecule has 0 saturated heterocycles. The minimum atomic E-state index is -0.189. The summed E-state index contributed by atoms with van der Waals surface area (Å²) in [7, 11) is 0. The number of benzene rings is 2. The van der Waals surface area contributed by atoms with E-state index >= 15 is 0 Å². The zero-order valence-corrected chi connectivity index (χ0v) is 15.0. The Kier molecular flexibility index (Phi) is 3.04. The summed E-state index contributed by atoms with van der Waals surface area (Å²) in [6.07, 6.45) is 3.93. The van der Waals surface area contributed by atoms with Gasteiger partial charge in [0.05, 0.1) is 29.5 Å². The first kappa shape index (κ1) is 15.5. The lowest BCUT2D eigenvalue weighted by Crippen LogP contribution is -2.14. The number of pyridine rings is 1. The SMILES string of the molecule is O=c1[nH]c2ccccc2n1-c1ccc(Oc2cccc3c2C2(CC2)CO3)nc1. The van der Waals surface area contributed by atoms with Crippen molar-refractivity contribution in [3.8, 4) is 23.1 Å². The summed E-state index contributed by atoms with van der Waals surface area (Å²) in [5.74, 6) is 2.21. The molecule has 1 spiro atoms. The van der Waals surface area contributed by atoms with Crippen molar-refractivity contribution in [1.29, 1.82) is 0 Å². The van der Waals surface area contributed by atoms with Crippen LogP contribution in [-0.4, -0.2) is 21.1 Å². The molecule has 6 heteroatoms. The van der Waals surface area contributed by atoms with Crippen LogP contribution in [0.4, 0.5) is 0 Å². The molecule has 4 aromatic rings. The maximum Gasteiger partial charge on any atom is 0.331 e. The van der Waals surface area contributed by atoms with Gasteiger partial charge in [0, 0.05) is 17.0 Å². The molecule has 1 aliphatic heterocycles. The Morgan fingerprint density at radius 2 is 1.96 bits per heavy atom. The number of fused-ring (bicyclic) bond motifs is 3. The number of H-pyrrole nitrogens is 1. The van der Waals surface area contributed by atoms with Crippen LogP contribution in [0.25, 0.3) is 16.7 Å². The van der Waals surface area contributed by atoms with E-state index in [0.717, 1.165) is 47.5 Å². The van der Waals surface area contributed by atoms with Crippen LogP contribution in [0.1, 0.15) is 18.4 Å². The molecule has 0 unspecified atom stereocenters. The Labute approximate surface area is 160 Å². The standard InChI is InChI=1S/C22H17N3O3/c26-21-24-15-4-1-2-5-16(15)25(21)14-8-9-19(23-12-14)28-18-7-3-6-17-20(18)22(10-11-22)13-27-17/h1-9,12H,10-11,13H2,(H,24,26).